The lowest BCUT2D eigenvalue weighted by molar-refractivity contribution is -0.384. The van der Waals surface area contributed by atoms with Crippen LogP contribution in [-0.4, -0.2) is 54.0 Å². The molecule has 1 aliphatic rings. The predicted molar refractivity (Wildman–Crippen MR) is 84.7 cm³/mol. The first-order valence-electron chi connectivity index (χ1n) is 7.60. The molecule has 1 fully saturated rings. The number of hydrogen-bond donors (Lipinski definition) is 1. The van der Waals surface area contributed by atoms with E-state index in [2.05, 4.69) is 22.0 Å². The summed E-state index contributed by atoms with van der Waals surface area (Å²) in [6, 6.07) is 5.32. The van der Waals surface area contributed by atoms with Crippen molar-refractivity contribution in [2.75, 3.05) is 44.6 Å². The van der Waals surface area contributed by atoms with Gasteiger partial charge in [0.25, 0.3) is 5.69 Å². The van der Waals surface area contributed by atoms with Crippen LogP contribution >= 0.6 is 0 Å². The standard InChI is InChI=1S/C15H24N4O2/c1-3-16-15-13(6-5-7-14(15)19(20)21)12-18-10-8-17(4-2)9-11-18/h5-7,16H,3-4,8-12H2,1-2H3. The first kappa shape index (κ1) is 15.7. The van der Waals surface area contributed by atoms with Crippen LogP contribution in [0.15, 0.2) is 18.2 Å². The summed E-state index contributed by atoms with van der Waals surface area (Å²) in [6.45, 7) is 10.9. The second-order valence-electron chi connectivity index (χ2n) is 5.31. The molecule has 0 unspecified atom stereocenters. The fraction of sp³-hybridized carbons (Fsp3) is 0.600. The Bertz CT molecular complexity index is 485. The SMILES string of the molecule is CCNc1c(CN2CCN(CC)CC2)cccc1[N+](=O)[O-]. The largest absolute Gasteiger partial charge is 0.380 e. The number of anilines is 1. The molecule has 2 rings (SSSR count). The number of hydrogen-bond acceptors (Lipinski definition) is 5. The number of piperazine rings is 1. The molecule has 0 bridgehead atoms. The minimum absolute atomic E-state index is 0.168. The molecule has 1 saturated heterocycles. The van der Waals surface area contributed by atoms with Crippen LogP contribution in [0, 0.1) is 10.1 Å². The van der Waals surface area contributed by atoms with Gasteiger partial charge in [-0.05, 0) is 19.0 Å². The quantitative estimate of drug-likeness (QED) is 0.643. The van der Waals surface area contributed by atoms with E-state index in [-0.39, 0.29) is 10.6 Å². The van der Waals surface area contributed by atoms with E-state index in [9.17, 15) is 10.1 Å². The van der Waals surface area contributed by atoms with Gasteiger partial charge in [0.2, 0.25) is 0 Å². The van der Waals surface area contributed by atoms with Gasteiger partial charge in [-0.3, -0.25) is 15.0 Å². The minimum Gasteiger partial charge on any atom is -0.380 e. The van der Waals surface area contributed by atoms with E-state index < -0.39 is 0 Å². The van der Waals surface area contributed by atoms with Gasteiger partial charge in [0.1, 0.15) is 5.69 Å². The monoisotopic (exact) mass is 292 g/mol. The van der Waals surface area contributed by atoms with Crippen LogP contribution in [0.1, 0.15) is 19.4 Å². The highest BCUT2D eigenvalue weighted by atomic mass is 16.6. The Morgan fingerprint density at radius 1 is 1.19 bits per heavy atom. The first-order valence-corrected chi connectivity index (χ1v) is 7.60. The van der Waals surface area contributed by atoms with Crippen LogP contribution in [0.3, 0.4) is 0 Å². The first-order chi connectivity index (χ1) is 10.2. The molecule has 1 aromatic rings. The summed E-state index contributed by atoms with van der Waals surface area (Å²) >= 11 is 0. The molecule has 1 N–H and O–H groups in total. The Balaban J connectivity index is 2.12. The van der Waals surface area contributed by atoms with Crippen molar-refractivity contribution < 1.29 is 4.92 Å². The zero-order valence-electron chi connectivity index (χ0n) is 12.8. The number of nitrogens with zero attached hydrogens (tertiary/aromatic N) is 3. The third kappa shape index (κ3) is 3.92. The molecule has 0 spiro atoms. The Hall–Kier alpha value is -1.66. The van der Waals surface area contributed by atoms with E-state index in [4.69, 9.17) is 0 Å². The number of rotatable bonds is 6. The lowest BCUT2D eigenvalue weighted by Gasteiger charge is -2.34. The van der Waals surface area contributed by atoms with Crippen LogP contribution in [0.2, 0.25) is 0 Å². The molecule has 1 aromatic carbocycles. The molecule has 116 valence electrons. The molecule has 0 radical (unpaired) electrons. The molecule has 1 aliphatic heterocycles. The molecule has 0 atom stereocenters. The van der Waals surface area contributed by atoms with E-state index in [1.54, 1.807) is 12.1 Å². The summed E-state index contributed by atoms with van der Waals surface area (Å²) in [7, 11) is 0. The minimum atomic E-state index is -0.309. The van der Waals surface area contributed by atoms with E-state index in [1.165, 1.54) is 0 Å². The second-order valence-corrected chi connectivity index (χ2v) is 5.31. The van der Waals surface area contributed by atoms with Gasteiger partial charge in [-0.1, -0.05) is 19.1 Å². The van der Waals surface area contributed by atoms with Gasteiger partial charge in [0, 0.05) is 45.3 Å². The highest BCUT2D eigenvalue weighted by Gasteiger charge is 2.20. The van der Waals surface area contributed by atoms with Crippen LogP contribution < -0.4 is 5.32 Å². The van der Waals surface area contributed by atoms with Crippen molar-refractivity contribution in [2.45, 2.75) is 20.4 Å². The van der Waals surface area contributed by atoms with Gasteiger partial charge in [-0.15, -0.1) is 0 Å². The third-order valence-electron chi connectivity index (χ3n) is 3.99. The van der Waals surface area contributed by atoms with Crippen LogP contribution in [0.5, 0.6) is 0 Å². The summed E-state index contributed by atoms with van der Waals surface area (Å²) in [4.78, 5) is 15.7. The fourth-order valence-corrected chi connectivity index (χ4v) is 2.76. The number of benzene rings is 1. The Labute approximate surface area is 125 Å². The van der Waals surface area contributed by atoms with E-state index in [1.807, 2.05) is 13.0 Å². The van der Waals surface area contributed by atoms with Gasteiger partial charge in [-0.2, -0.15) is 0 Å². The third-order valence-corrected chi connectivity index (χ3v) is 3.99. The number of nitro groups is 1. The average molecular weight is 292 g/mol. The van der Waals surface area contributed by atoms with Gasteiger partial charge in [-0.25, -0.2) is 0 Å². The smallest absolute Gasteiger partial charge is 0.292 e. The maximum atomic E-state index is 11.2. The van der Waals surface area contributed by atoms with Crippen molar-refractivity contribution >= 4 is 11.4 Å². The van der Waals surface area contributed by atoms with E-state index in [0.29, 0.717) is 12.2 Å². The molecule has 0 amide bonds. The van der Waals surface area contributed by atoms with Crippen molar-refractivity contribution in [2.24, 2.45) is 0 Å². The maximum Gasteiger partial charge on any atom is 0.292 e. The van der Waals surface area contributed by atoms with Crippen molar-refractivity contribution in [3.8, 4) is 0 Å². The molecule has 0 aliphatic carbocycles. The summed E-state index contributed by atoms with van der Waals surface area (Å²) < 4.78 is 0. The van der Waals surface area contributed by atoms with Gasteiger partial charge >= 0.3 is 0 Å². The number of para-hydroxylation sites is 1. The van der Waals surface area contributed by atoms with E-state index >= 15 is 0 Å². The van der Waals surface area contributed by atoms with Crippen LogP contribution in [-0.2, 0) is 6.54 Å². The normalized spacial score (nSPS) is 16.9. The molecule has 6 heteroatoms. The summed E-state index contributed by atoms with van der Waals surface area (Å²) in [5, 5.41) is 14.3. The molecule has 1 heterocycles. The summed E-state index contributed by atoms with van der Waals surface area (Å²) in [5.41, 5.74) is 1.85. The highest BCUT2D eigenvalue weighted by molar-refractivity contribution is 5.66. The highest BCUT2D eigenvalue weighted by Crippen LogP contribution is 2.29. The molecule has 0 saturated carbocycles. The topological polar surface area (TPSA) is 61.6 Å². The van der Waals surface area contributed by atoms with E-state index in [0.717, 1.165) is 44.8 Å². The second kappa shape index (κ2) is 7.38. The maximum absolute atomic E-state index is 11.2. The fourth-order valence-electron chi connectivity index (χ4n) is 2.76. The van der Waals surface area contributed by atoms with Gasteiger partial charge in [0.15, 0.2) is 0 Å². The summed E-state index contributed by atoms with van der Waals surface area (Å²) in [6.07, 6.45) is 0. The average Bonchev–Trinajstić information content (AvgIpc) is 2.49. The summed E-state index contributed by atoms with van der Waals surface area (Å²) in [5.74, 6) is 0. The zero-order valence-corrected chi connectivity index (χ0v) is 12.8. The van der Waals surface area contributed by atoms with Crippen molar-refractivity contribution in [1.82, 2.24) is 9.80 Å². The number of nitro benzene ring substituents is 1. The molecule has 0 aromatic heterocycles. The van der Waals surface area contributed by atoms with Gasteiger partial charge in [0.05, 0.1) is 4.92 Å². The van der Waals surface area contributed by atoms with Crippen molar-refractivity contribution in [1.29, 1.82) is 0 Å². The Morgan fingerprint density at radius 3 is 2.43 bits per heavy atom. The molecule has 6 nitrogen and oxygen atoms in total. The lowest BCUT2D eigenvalue weighted by Crippen LogP contribution is -2.45. The Kier molecular flexibility index (Phi) is 5.52. The number of nitrogens with one attached hydrogen (secondary N) is 1. The molecule has 21 heavy (non-hydrogen) atoms. The van der Waals surface area contributed by atoms with Crippen molar-refractivity contribution in [3.05, 3.63) is 33.9 Å². The van der Waals surface area contributed by atoms with Crippen molar-refractivity contribution in [3.63, 3.8) is 0 Å². The van der Waals surface area contributed by atoms with Crippen LogP contribution in [0.25, 0.3) is 0 Å². The zero-order chi connectivity index (χ0) is 15.2. The number of likely N-dealkylation sites (N-methyl/N-ethyl adjacent to an activating group) is 1. The van der Waals surface area contributed by atoms with Gasteiger partial charge < -0.3 is 10.2 Å². The van der Waals surface area contributed by atoms with Crippen LogP contribution in [0.4, 0.5) is 11.4 Å². The molecular formula is C15H24N4O2. The predicted octanol–water partition coefficient (Wildman–Crippen LogP) is 2.16. The Morgan fingerprint density at radius 2 is 1.86 bits per heavy atom. The lowest BCUT2D eigenvalue weighted by atomic mass is 10.1. The molecular weight excluding hydrogens is 268 g/mol.